The molecule has 1 heterocycles. The van der Waals surface area contributed by atoms with Gasteiger partial charge in [-0.2, -0.15) is 13.2 Å². The normalized spacial score (nSPS) is 11.7. The molecule has 1 aromatic heterocycles. The van der Waals surface area contributed by atoms with Crippen molar-refractivity contribution in [3.8, 4) is 39.5 Å². The number of fused-ring (bicyclic) bond motifs is 1. The molecule has 9 heteroatoms. The van der Waals surface area contributed by atoms with Crippen molar-refractivity contribution in [3.05, 3.63) is 88.4 Å². The molecule has 4 aromatic carbocycles. The van der Waals surface area contributed by atoms with Gasteiger partial charge in [0.1, 0.15) is 11.3 Å². The quantitative estimate of drug-likeness (QED) is 0.237. The molecule has 0 fully saturated rings. The van der Waals surface area contributed by atoms with E-state index < -0.39 is 11.7 Å². The van der Waals surface area contributed by atoms with Crippen LogP contribution >= 0.6 is 23.2 Å². The molecule has 0 atom stereocenters. The first-order valence-corrected chi connectivity index (χ1v) is 11.4. The Kier molecular flexibility index (Phi) is 6.06. The van der Waals surface area contributed by atoms with Crippen molar-refractivity contribution in [3.63, 3.8) is 0 Å². The number of ether oxygens (including phenoxy) is 1. The number of nitrogens with zero attached hydrogens (tertiary/aromatic N) is 1. The van der Waals surface area contributed by atoms with Crippen molar-refractivity contribution in [2.45, 2.75) is 6.18 Å². The van der Waals surface area contributed by atoms with E-state index in [1.807, 2.05) is 18.2 Å². The topological polar surface area (TPSA) is 61.3 Å². The standard InChI is InChI=1S/C27H17Cl2F3N2O2/c1-35-25-13-22(29)20(18-7-6-17(33)11-21(18)28)12-19(25)14-3-2-4-15(9-14)26-34-23-10-16(27(30,31)32)5-8-24(23)36-26/h2-13H,33H2,1H3. The summed E-state index contributed by atoms with van der Waals surface area (Å²) in [5.74, 6) is 0.723. The van der Waals surface area contributed by atoms with Crippen LogP contribution in [-0.2, 0) is 6.18 Å². The molecule has 0 bridgehead atoms. The van der Waals surface area contributed by atoms with Crippen LogP contribution in [0, 0.1) is 0 Å². The van der Waals surface area contributed by atoms with Crippen LogP contribution in [0.1, 0.15) is 5.56 Å². The van der Waals surface area contributed by atoms with Gasteiger partial charge in [0.15, 0.2) is 5.58 Å². The van der Waals surface area contributed by atoms with E-state index in [0.717, 1.165) is 23.3 Å². The number of hydrogen-bond acceptors (Lipinski definition) is 4. The molecule has 2 N–H and O–H groups in total. The summed E-state index contributed by atoms with van der Waals surface area (Å²) in [5, 5.41) is 0.893. The lowest BCUT2D eigenvalue weighted by atomic mass is 9.96. The highest BCUT2D eigenvalue weighted by molar-refractivity contribution is 6.37. The Morgan fingerprint density at radius 2 is 1.58 bits per heavy atom. The Morgan fingerprint density at radius 3 is 2.31 bits per heavy atom. The molecule has 0 saturated heterocycles. The molecule has 0 aliphatic carbocycles. The molecular formula is C27H17Cl2F3N2O2. The van der Waals surface area contributed by atoms with Crippen LogP contribution in [-0.4, -0.2) is 12.1 Å². The lowest BCUT2D eigenvalue weighted by Gasteiger charge is -2.15. The van der Waals surface area contributed by atoms with E-state index in [1.54, 1.807) is 36.4 Å². The number of hydrogen-bond donors (Lipinski definition) is 1. The van der Waals surface area contributed by atoms with Crippen LogP contribution in [0.4, 0.5) is 18.9 Å². The van der Waals surface area contributed by atoms with E-state index in [4.69, 9.17) is 38.1 Å². The van der Waals surface area contributed by atoms with Gasteiger partial charge in [-0.15, -0.1) is 0 Å². The van der Waals surface area contributed by atoms with Gasteiger partial charge in [-0.25, -0.2) is 4.98 Å². The molecule has 0 saturated carbocycles. The molecule has 182 valence electrons. The molecule has 0 aliphatic heterocycles. The van der Waals surface area contributed by atoms with Gasteiger partial charge in [0, 0.05) is 34.0 Å². The SMILES string of the molecule is COc1cc(Cl)c(-c2ccc(N)cc2Cl)cc1-c1cccc(-c2nc3cc(C(F)(F)F)ccc3o2)c1. The Balaban J connectivity index is 1.61. The van der Waals surface area contributed by atoms with Crippen LogP contribution < -0.4 is 10.5 Å². The number of halogens is 5. The lowest BCUT2D eigenvalue weighted by molar-refractivity contribution is -0.137. The average molecular weight is 529 g/mol. The number of rotatable bonds is 4. The summed E-state index contributed by atoms with van der Waals surface area (Å²) >= 11 is 13.0. The molecule has 36 heavy (non-hydrogen) atoms. The van der Waals surface area contributed by atoms with Crippen LogP contribution in [0.15, 0.2) is 77.2 Å². The van der Waals surface area contributed by atoms with Gasteiger partial charge < -0.3 is 14.9 Å². The number of anilines is 1. The Labute approximate surface area is 214 Å². The van der Waals surface area contributed by atoms with Crippen LogP contribution in [0.3, 0.4) is 0 Å². The second-order valence-electron chi connectivity index (χ2n) is 8.05. The van der Waals surface area contributed by atoms with E-state index in [0.29, 0.717) is 38.2 Å². The van der Waals surface area contributed by atoms with Crippen molar-refractivity contribution >= 4 is 40.0 Å². The smallest absolute Gasteiger partial charge is 0.416 e. The summed E-state index contributed by atoms with van der Waals surface area (Å²) in [6, 6.07) is 19.2. The monoisotopic (exact) mass is 528 g/mol. The minimum atomic E-state index is -4.47. The Bertz CT molecular complexity index is 1610. The van der Waals surface area contributed by atoms with E-state index in [2.05, 4.69) is 4.98 Å². The molecule has 0 aliphatic rings. The molecular weight excluding hydrogens is 512 g/mol. The molecule has 0 unspecified atom stereocenters. The summed E-state index contributed by atoms with van der Waals surface area (Å²) in [7, 11) is 1.54. The third kappa shape index (κ3) is 4.47. The number of aromatic nitrogens is 1. The van der Waals surface area contributed by atoms with E-state index in [1.165, 1.54) is 13.2 Å². The number of nitrogen functional groups attached to an aromatic ring is 1. The van der Waals surface area contributed by atoms with Crippen molar-refractivity contribution in [1.29, 1.82) is 0 Å². The fourth-order valence-electron chi connectivity index (χ4n) is 3.95. The van der Waals surface area contributed by atoms with Gasteiger partial charge in [0.05, 0.1) is 22.7 Å². The zero-order chi connectivity index (χ0) is 25.6. The van der Waals surface area contributed by atoms with Crippen molar-refractivity contribution in [2.75, 3.05) is 12.8 Å². The minimum absolute atomic E-state index is 0.120. The highest BCUT2D eigenvalue weighted by Gasteiger charge is 2.31. The molecule has 5 aromatic rings. The maximum absolute atomic E-state index is 13.1. The average Bonchev–Trinajstić information content (AvgIpc) is 3.27. The second kappa shape index (κ2) is 9.08. The first kappa shape index (κ1) is 24.0. The highest BCUT2D eigenvalue weighted by atomic mass is 35.5. The zero-order valence-electron chi connectivity index (χ0n) is 18.7. The summed E-state index contributed by atoms with van der Waals surface area (Å²) in [6.07, 6.45) is -4.47. The van der Waals surface area contributed by atoms with Gasteiger partial charge in [0.2, 0.25) is 5.89 Å². The second-order valence-corrected chi connectivity index (χ2v) is 8.87. The summed E-state index contributed by atoms with van der Waals surface area (Å²) in [4.78, 5) is 4.29. The maximum Gasteiger partial charge on any atom is 0.416 e. The first-order chi connectivity index (χ1) is 17.1. The summed E-state index contributed by atoms with van der Waals surface area (Å²) < 4.78 is 50.6. The third-order valence-corrected chi connectivity index (χ3v) is 6.33. The van der Waals surface area contributed by atoms with Crippen molar-refractivity contribution in [1.82, 2.24) is 4.98 Å². The summed E-state index contributed by atoms with van der Waals surface area (Å²) in [6.45, 7) is 0. The fraction of sp³-hybridized carbons (Fsp3) is 0.0741. The van der Waals surface area contributed by atoms with Gasteiger partial charge in [0.25, 0.3) is 0 Å². The number of alkyl halides is 3. The third-order valence-electron chi connectivity index (χ3n) is 5.71. The lowest BCUT2D eigenvalue weighted by Crippen LogP contribution is -2.03. The predicted molar refractivity (Wildman–Crippen MR) is 136 cm³/mol. The largest absolute Gasteiger partial charge is 0.496 e. The fourth-order valence-corrected chi connectivity index (χ4v) is 4.50. The van der Waals surface area contributed by atoms with Crippen molar-refractivity contribution < 1.29 is 22.3 Å². The van der Waals surface area contributed by atoms with E-state index in [-0.39, 0.29) is 17.0 Å². The maximum atomic E-state index is 13.1. The highest BCUT2D eigenvalue weighted by Crippen LogP contribution is 2.42. The van der Waals surface area contributed by atoms with Crippen LogP contribution in [0.25, 0.3) is 44.8 Å². The molecule has 0 amide bonds. The van der Waals surface area contributed by atoms with Crippen LogP contribution in [0.5, 0.6) is 5.75 Å². The predicted octanol–water partition coefficient (Wildman–Crippen LogP) is 8.75. The number of methoxy groups -OCH3 is 1. The molecule has 5 rings (SSSR count). The Hall–Kier alpha value is -3.68. The van der Waals surface area contributed by atoms with Gasteiger partial charge in [-0.3, -0.25) is 0 Å². The number of nitrogens with two attached hydrogens (primary N) is 1. The zero-order valence-corrected chi connectivity index (χ0v) is 20.2. The van der Waals surface area contributed by atoms with Gasteiger partial charge in [-0.1, -0.05) is 41.4 Å². The van der Waals surface area contributed by atoms with Gasteiger partial charge in [-0.05, 0) is 54.1 Å². The first-order valence-electron chi connectivity index (χ1n) is 10.7. The molecule has 4 nitrogen and oxygen atoms in total. The molecule has 0 radical (unpaired) electrons. The van der Waals surface area contributed by atoms with Gasteiger partial charge >= 0.3 is 6.18 Å². The number of oxazole rings is 1. The summed E-state index contributed by atoms with van der Waals surface area (Å²) in [5.41, 5.74) is 9.40. The Morgan fingerprint density at radius 1 is 0.833 bits per heavy atom. The van der Waals surface area contributed by atoms with Crippen LogP contribution in [0.2, 0.25) is 10.0 Å². The molecule has 0 spiro atoms. The number of benzene rings is 4. The minimum Gasteiger partial charge on any atom is -0.496 e. The van der Waals surface area contributed by atoms with E-state index in [9.17, 15) is 13.2 Å². The van der Waals surface area contributed by atoms with Crippen molar-refractivity contribution in [2.24, 2.45) is 0 Å². The van der Waals surface area contributed by atoms with E-state index >= 15 is 0 Å².